The van der Waals surface area contributed by atoms with E-state index in [-0.39, 0.29) is 7.43 Å². The molecule has 0 radical (unpaired) electrons. The van der Waals surface area contributed by atoms with Crippen molar-refractivity contribution in [1.29, 1.82) is 0 Å². The number of benzene rings is 2. The Morgan fingerprint density at radius 2 is 1.23 bits per heavy atom. The van der Waals surface area contributed by atoms with Crippen LogP contribution in [-0.4, -0.2) is 0 Å². The molecule has 0 aromatic heterocycles. The van der Waals surface area contributed by atoms with E-state index in [1.807, 2.05) is 57.2 Å². The molecule has 0 unspecified atom stereocenters. The van der Waals surface area contributed by atoms with Gasteiger partial charge >= 0.3 is 0 Å². The highest BCUT2D eigenvalue weighted by Crippen LogP contribution is 2.29. The van der Waals surface area contributed by atoms with Crippen LogP contribution in [-0.2, 0) is 0 Å². The first kappa shape index (κ1) is 19.5. The first-order chi connectivity index (χ1) is 10.2. The van der Waals surface area contributed by atoms with E-state index in [1.54, 1.807) is 0 Å². The van der Waals surface area contributed by atoms with Gasteiger partial charge < -0.3 is 0 Å². The van der Waals surface area contributed by atoms with E-state index in [1.165, 1.54) is 0 Å². The topological polar surface area (TPSA) is 0 Å². The molecule has 0 heterocycles. The number of hydrogen-bond acceptors (Lipinski definition) is 0. The third-order valence-corrected chi connectivity index (χ3v) is 2.95. The Morgan fingerprint density at radius 1 is 0.864 bits per heavy atom. The molecular weight excluding hydrogens is 264 g/mol. The van der Waals surface area contributed by atoms with E-state index >= 15 is 0 Å². The average Bonchev–Trinajstić information content (AvgIpc) is 2.55. The van der Waals surface area contributed by atoms with Crippen LogP contribution in [0.2, 0.25) is 0 Å². The van der Waals surface area contributed by atoms with Gasteiger partial charge in [0.2, 0.25) is 0 Å². The third-order valence-electron chi connectivity index (χ3n) is 2.95. The summed E-state index contributed by atoms with van der Waals surface area (Å²) in [6.45, 7) is 9.94. The molecule has 0 amide bonds. The van der Waals surface area contributed by atoms with Crippen LogP contribution in [0.1, 0.15) is 39.3 Å². The van der Waals surface area contributed by atoms with Crippen molar-refractivity contribution in [2.45, 2.75) is 28.2 Å². The molecule has 22 heavy (non-hydrogen) atoms. The van der Waals surface area contributed by atoms with Crippen molar-refractivity contribution >= 4 is 5.57 Å². The summed E-state index contributed by atoms with van der Waals surface area (Å²) < 4.78 is 0. The Bertz CT molecular complexity index is 596. The van der Waals surface area contributed by atoms with Crippen LogP contribution in [0.5, 0.6) is 0 Å². The normalized spacial score (nSPS) is 8.45. The first-order valence-electron chi connectivity index (χ1n) is 7.21. The van der Waals surface area contributed by atoms with Gasteiger partial charge in [0.05, 0.1) is 0 Å². The Labute approximate surface area is 136 Å². The number of hydrogen-bond donors (Lipinski definition) is 0. The van der Waals surface area contributed by atoms with Crippen LogP contribution < -0.4 is 0 Å². The van der Waals surface area contributed by atoms with Crippen molar-refractivity contribution in [2.75, 3.05) is 0 Å². The third kappa shape index (κ3) is 4.79. The predicted molar refractivity (Wildman–Crippen MR) is 101 cm³/mol. The van der Waals surface area contributed by atoms with Gasteiger partial charge in [-0.05, 0) is 23.6 Å². The zero-order valence-corrected chi connectivity index (χ0v) is 13.1. The summed E-state index contributed by atoms with van der Waals surface area (Å²) in [6, 6.07) is 20.4. The molecule has 0 spiro atoms. The maximum Gasteiger partial charge on any atom is 0.0350 e. The molecule has 0 aliphatic carbocycles. The number of rotatable bonds is 3. The zero-order chi connectivity index (χ0) is 15.7. The summed E-state index contributed by atoms with van der Waals surface area (Å²) >= 11 is 0. The smallest absolute Gasteiger partial charge is 0.0350 e. The lowest BCUT2D eigenvalue weighted by Gasteiger charge is -2.12. The van der Waals surface area contributed by atoms with Crippen LogP contribution in [0.15, 0.2) is 78.4 Å². The van der Waals surface area contributed by atoms with Crippen LogP contribution in [0.25, 0.3) is 5.57 Å². The molecule has 0 bridgehead atoms. The molecule has 0 saturated carbocycles. The van der Waals surface area contributed by atoms with E-state index in [0.29, 0.717) is 0 Å². The SMILES string of the molecule is C.C#CC(C(=C)C)=C(c1ccccc1)c1ccccc1.CC. The van der Waals surface area contributed by atoms with Crippen molar-refractivity contribution in [1.82, 2.24) is 0 Å². The quantitative estimate of drug-likeness (QED) is 0.455. The van der Waals surface area contributed by atoms with Crippen LogP contribution in [0, 0.1) is 12.3 Å². The minimum atomic E-state index is 0. The lowest BCUT2D eigenvalue weighted by Crippen LogP contribution is -1.94. The first-order valence-corrected chi connectivity index (χ1v) is 7.21. The lowest BCUT2D eigenvalue weighted by molar-refractivity contribution is 1.45. The van der Waals surface area contributed by atoms with Crippen LogP contribution in [0.4, 0.5) is 0 Å². The minimum absolute atomic E-state index is 0. The molecule has 0 atom stereocenters. The fraction of sp³-hybridized carbons (Fsp3) is 0.182. The average molecular weight is 290 g/mol. The highest BCUT2D eigenvalue weighted by molar-refractivity contribution is 5.87. The van der Waals surface area contributed by atoms with Gasteiger partial charge in [-0.3, -0.25) is 0 Å². The van der Waals surface area contributed by atoms with Crippen molar-refractivity contribution in [2.24, 2.45) is 0 Å². The summed E-state index contributed by atoms with van der Waals surface area (Å²) in [5.74, 6) is 2.78. The maximum atomic E-state index is 5.68. The molecule has 0 aliphatic rings. The molecule has 0 fully saturated rings. The van der Waals surface area contributed by atoms with E-state index in [0.717, 1.165) is 27.8 Å². The van der Waals surface area contributed by atoms with E-state index < -0.39 is 0 Å². The fourth-order valence-electron chi connectivity index (χ4n) is 2.07. The summed E-state index contributed by atoms with van der Waals surface area (Å²) in [6.07, 6.45) is 5.68. The van der Waals surface area contributed by atoms with Gasteiger partial charge in [0.1, 0.15) is 0 Å². The second-order valence-corrected chi connectivity index (χ2v) is 4.41. The van der Waals surface area contributed by atoms with Gasteiger partial charge in [0, 0.05) is 11.1 Å². The van der Waals surface area contributed by atoms with Gasteiger partial charge in [0.15, 0.2) is 0 Å². The van der Waals surface area contributed by atoms with Gasteiger partial charge in [-0.1, -0.05) is 94.4 Å². The second kappa shape index (κ2) is 10.2. The van der Waals surface area contributed by atoms with Crippen molar-refractivity contribution < 1.29 is 0 Å². The van der Waals surface area contributed by atoms with Crippen molar-refractivity contribution in [3.8, 4) is 12.3 Å². The Kier molecular flexibility index (Phi) is 9.07. The summed E-state index contributed by atoms with van der Waals surface area (Å²) in [4.78, 5) is 0. The van der Waals surface area contributed by atoms with Gasteiger partial charge in [0.25, 0.3) is 0 Å². The predicted octanol–water partition coefficient (Wildman–Crippen LogP) is 6.36. The van der Waals surface area contributed by atoms with Gasteiger partial charge in [-0.15, -0.1) is 6.42 Å². The van der Waals surface area contributed by atoms with E-state index in [9.17, 15) is 0 Å². The van der Waals surface area contributed by atoms with Crippen LogP contribution >= 0.6 is 0 Å². The fourth-order valence-corrected chi connectivity index (χ4v) is 2.07. The highest BCUT2D eigenvalue weighted by atomic mass is 14.1. The molecular formula is C22H26. The number of terminal acetylenes is 1. The van der Waals surface area contributed by atoms with Gasteiger partial charge in [-0.2, -0.15) is 0 Å². The molecule has 2 aromatic rings. The monoisotopic (exact) mass is 290 g/mol. The molecule has 0 saturated heterocycles. The zero-order valence-electron chi connectivity index (χ0n) is 13.1. The minimum Gasteiger partial charge on any atom is -0.115 e. The molecule has 0 heteroatoms. The summed E-state index contributed by atoms with van der Waals surface area (Å²) in [5, 5.41) is 0. The Morgan fingerprint density at radius 3 is 1.50 bits per heavy atom. The molecule has 2 aromatic carbocycles. The van der Waals surface area contributed by atoms with Crippen LogP contribution in [0.3, 0.4) is 0 Å². The van der Waals surface area contributed by atoms with E-state index in [4.69, 9.17) is 6.42 Å². The molecule has 0 nitrogen and oxygen atoms in total. The Balaban J connectivity index is 0.00000141. The Hall–Kier alpha value is -2.52. The largest absolute Gasteiger partial charge is 0.115 e. The molecule has 0 N–H and O–H groups in total. The molecule has 114 valence electrons. The molecule has 2 rings (SSSR count). The maximum absolute atomic E-state index is 5.68. The standard InChI is InChI=1S/C19H16.C2H6.CH4/c1-4-18(15(2)3)19(16-11-7-5-8-12-16)17-13-9-6-10-14-17;1-2;/h1,5-14H,2H2,3H3;1-2H3;1H4. The van der Waals surface area contributed by atoms with Crippen molar-refractivity contribution in [3.05, 3.63) is 89.5 Å². The lowest BCUT2D eigenvalue weighted by atomic mass is 9.91. The number of allylic oxidation sites excluding steroid dienone is 2. The van der Waals surface area contributed by atoms with Crippen molar-refractivity contribution in [3.63, 3.8) is 0 Å². The summed E-state index contributed by atoms with van der Waals surface area (Å²) in [5.41, 5.74) is 5.06. The highest BCUT2D eigenvalue weighted by Gasteiger charge is 2.10. The van der Waals surface area contributed by atoms with Gasteiger partial charge in [-0.25, -0.2) is 0 Å². The second-order valence-electron chi connectivity index (χ2n) is 4.41. The van der Waals surface area contributed by atoms with E-state index in [2.05, 4.69) is 36.8 Å². The summed E-state index contributed by atoms with van der Waals surface area (Å²) in [7, 11) is 0. The molecule has 0 aliphatic heterocycles.